The van der Waals surface area contributed by atoms with Crippen LogP contribution in [0.25, 0.3) is 0 Å². The molecule has 2 fully saturated rings. The van der Waals surface area contributed by atoms with E-state index in [-0.39, 0.29) is 18.2 Å². The molecule has 2 bridgehead atoms. The van der Waals surface area contributed by atoms with Gasteiger partial charge in [-0.1, -0.05) is 0 Å². The normalized spacial score (nSPS) is 30.2. The van der Waals surface area contributed by atoms with Crippen LogP contribution in [-0.2, 0) is 0 Å². The van der Waals surface area contributed by atoms with Crippen molar-refractivity contribution in [3.05, 3.63) is 18.6 Å². The van der Waals surface area contributed by atoms with Gasteiger partial charge in [0.05, 0.1) is 6.20 Å². The molecule has 96 valence electrons. The van der Waals surface area contributed by atoms with E-state index in [9.17, 15) is 4.79 Å². The maximum absolute atomic E-state index is 11.1. The zero-order chi connectivity index (χ0) is 12.5. The van der Waals surface area contributed by atoms with Crippen LogP contribution >= 0.6 is 0 Å². The summed E-state index contributed by atoms with van der Waals surface area (Å²) in [7, 11) is 0. The Bertz CT molecular complexity index is 425. The van der Waals surface area contributed by atoms with Crippen LogP contribution in [0.3, 0.4) is 0 Å². The number of ether oxygens (including phenoxy) is 1. The van der Waals surface area contributed by atoms with Crippen LogP contribution in [0.1, 0.15) is 25.7 Å². The molecule has 0 aliphatic carbocycles. The fourth-order valence-corrected chi connectivity index (χ4v) is 3.05. The number of hydrogen-bond donors (Lipinski definition) is 1. The van der Waals surface area contributed by atoms with E-state index in [0.29, 0.717) is 5.88 Å². The molecule has 1 aromatic rings. The summed E-state index contributed by atoms with van der Waals surface area (Å²) in [6.45, 7) is 0. The Morgan fingerprint density at radius 2 is 2.06 bits per heavy atom. The van der Waals surface area contributed by atoms with Crippen molar-refractivity contribution >= 4 is 6.09 Å². The van der Waals surface area contributed by atoms with Crippen LogP contribution in [0.15, 0.2) is 18.6 Å². The second-order valence-electron chi connectivity index (χ2n) is 4.83. The van der Waals surface area contributed by atoms with Gasteiger partial charge < -0.3 is 14.7 Å². The van der Waals surface area contributed by atoms with Gasteiger partial charge in [0.2, 0.25) is 5.88 Å². The van der Waals surface area contributed by atoms with E-state index in [2.05, 4.69) is 9.97 Å². The quantitative estimate of drug-likeness (QED) is 0.860. The molecule has 0 radical (unpaired) electrons. The Hall–Kier alpha value is -1.85. The first-order valence-electron chi connectivity index (χ1n) is 6.18. The Kier molecular flexibility index (Phi) is 2.77. The lowest BCUT2D eigenvalue weighted by molar-refractivity contribution is 0.0475. The lowest BCUT2D eigenvalue weighted by Crippen LogP contribution is -2.48. The van der Waals surface area contributed by atoms with E-state index in [1.807, 2.05) is 0 Å². The fourth-order valence-electron chi connectivity index (χ4n) is 3.05. The van der Waals surface area contributed by atoms with E-state index in [1.54, 1.807) is 23.5 Å². The first kappa shape index (κ1) is 11.3. The van der Waals surface area contributed by atoms with Crippen molar-refractivity contribution in [2.45, 2.75) is 43.9 Å². The van der Waals surface area contributed by atoms with Crippen molar-refractivity contribution in [2.75, 3.05) is 0 Å². The lowest BCUT2D eigenvalue weighted by Gasteiger charge is -2.36. The molecule has 3 rings (SSSR count). The highest BCUT2D eigenvalue weighted by Crippen LogP contribution is 2.36. The SMILES string of the molecule is O=C(O)N1[C@@H]2CC[C@H]1C[C@H](Oc1cnccn1)C2. The number of carbonyl (C=O) groups is 1. The molecule has 1 amide bonds. The number of fused-ring (bicyclic) bond motifs is 2. The van der Waals surface area contributed by atoms with Crippen molar-refractivity contribution in [1.82, 2.24) is 14.9 Å². The minimum absolute atomic E-state index is 0.0507. The molecule has 1 aromatic heterocycles. The molecule has 1 N–H and O–H groups in total. The fraction of sp³-hybridized carbons (Fsp3) is 0.583. The summed E-state index contributed by atoms with van der Waals surface area (Å²) in [6, 6.07) is 0.200. The molecule has 2 aliphatic rings. The predicted molar refractivity (Wildman–Crippen MR) is 62.4 cm³/mol. The standard InChI is InChI=1S/C12H15N3O3/c16-12(17)15-8-1-2-9(15)6-10(5-8)18-11-7-13-3-4-14-11/h3-4,7-10H,1-2,5-6H2,(H,16,17)/t8-,9+,10-. The number of carboxylic acid groups (broad SMARTS) is 1. The van der Waals surface area contributed by atoms with Gasteiger partial charge in [-0.2, -0.15) is 0 Å². The van der Waals surface area contributed by atoms with E-state index in [0.717, 1.165) is 25.7 Å². The van der Waals surface area contributed by atoms with Gasteiger partial charge in [0.15, 0.2) is 0 Å². The number of rotatable bonds is 2. The molecule has 6 nitrogen and oxygen atoms in total. The summed E-state index contributed by atoms with van der Waals surface area (Å²) in [5.41, 5.74) is 0. The van der Waals surface area contributed by atoms with Crippen molar-refractivity contribution in [2.24, 2.45) is 0 Å². The summed E-state index contributed by atoms with van der Waals surface area (Å²) in [6.07, 6.45) is 7.41. The van der Waals surface area contributed by atoms with Gasteiger partial charge in [-0.15, -0.1) is 0 Å². The highest BCUT2D eigenvalue weighted by Gasteiger charge is 2.44. The van der Waals surface area contributed by atoms with Gasteiger partial charge in [0, 0.05) is 37.3 Å². The van der Waals surface area contributed by atoms with E-state index in [4.69, 9.17) is 9.84 Å². The van der Waals surface area contributed by atoms with Crippen LogP contribution in [-0.4, -0.2) is 44.3 Å². The Morgan fingerprint density at radius 1 is 1.33 bits per heavy atom. The van der Waals surface area contributed by atoms with Crippen molar-refractivity contribution in [3.63, 3.8) is 0 Å². The predicted octanol–water partition coefficient (Wildman–Crippen LogP) is 1.53. The average molecular weight is 249 g/mol. The highest BCUT2D eigenvalue weighted by atomic mass is 16.5. The third-order valence-electron chi connectivity index (χ3n) is 3.74. The maximum Gasteiger partial charge on any atom is 0.407 e. The summed E-state index contributed by atoms with van der Waals surface area (Å²) in [4.78, 5) is 20.8. The number of hydrogen-bond acceptors (Lipinski definition) is 4. The van der Waals surface area contributed by atoms with Crippen LogP contribution in [0, 0.1) is 0 Å². The molecule has 0 aromatic carbocycles. The third kappa shape index (κ3) is 1.98. The molecule has 3 heterocycles. The van der Waals surface area contributed by atoms with Crippen LogP contribution in [0.4, 0.5) is 4.79 Å². The molecule has 18 heavy (non-hydrogen) atoms. The zero-order valence-corrected chi connectivity index (χ0v) is 9.90. The molecule has 6 heteroatoms. The highest BCUT2D eigenvalue weighted by molar-refractivity contribution is 5.66. The van der Waals surface area contributed by atoms with E-state index in [1.165, 1.54) is 0 Å². The first-order valence-corrected chi connectivity index (χ1v) is 6.18. The topological polar surface area (TPSA) is 75.5 Å². The Morgan fingerprint density at radius 3 is 2.61 bits per heavy atom. The number of nitrogens with zero attached hydrogens (tertiary/aromatic N) is 3. The second kappa shape index (κ2) is 4.44. The monoisotopic (exact) mass is 249 g/mol. The zero-order valence-electron chi connectivity index (χ0n) is 9.90. The molecule has 3 atom stereocenters. The molecule has 0 unspecified atom stereocenters. The van der Waals surface area contributed by atoms with Gasteiger partial charge in [-0.25, -0.2) is 9.78 Å². The molecular weight excluding hydrogens is 234 g/mol. The number of aromatic nitrogens is 2. The molecular formula is C12H15N3O3. The molecule has 2 aliphatic heterocycles. The Balaban J connectivity index is 1.67. The number of piperidine rings is 1. The minimum Gasteiger partial charge on any atom is -0.473 e. The minimum atomic E-state index is -0.805. The van der Waals surface area contributed by atoms with Crippen LogP contribution in [0.5, 0.6) is 5.88 Å². The lowest BCUT2D eigenvalue weighted by atomic mass is 10.0. The largest absolute Gasteiger partial charge is 0.473 e. The van der Waals surface area contributed by atoms with Gasteiger partial charge in [-0.3, -0.25) is 4.98 Å². The first-order chi connectivity index (χ1) is 8.74. The van der Waals surface area contributed by atoms with E-state index >= 15 is 0 Å². The van der Waals surface area contributed by atoms with Crippen molar-refractivity contribution in [3.8, 4) is 5.88 Å². The van der Waals surface area contributed by atoms with Gasteiger partial charge in [0.1, 0.15) is 6.10 Å². The summed E-state index contributed by atoms with van der Waals surface area (Å²) >= 11 is 0. The van der Waals surface area contributed by atoms with Crippen molar-refractivity contribution in [1.29, 1.82) is 0 Å². The maximum atomic E-state index is 11.1. The van der Waals surface area contributed by atoms with Crippen LogP contribution in [0.2, 0.25) is 0 Å². The summed E-state index contributed by atoms with van der Waals surface area (Å²) in [5, 5.41) is 9.16. The molecule has 0 saturated carbocycles. The average Bonchev–Trinajstić information content (AvgIpc) is 2.63. The van der Waals surface area contributed by atoms with Crippen LogP contribution < -0.4 is 4.74 Å². The molecule has 2 saturated heterocycles. The van der Waals surface area contributed by atoms with E-state index < -0.39 is 6.09 Å². The second-order valence-corrected chi connectivity index (χ2v) is 4.83. The summed E-state index contributed by atoms with van der Waals surface area (Å²) < 4.78 is 5.77. The Labute approximate surface area is 105 Å². The smallest absolute Gasteiger partial charge is 0.407 e. The van der Waals surface area contributed by atoms with Gasteiger partial charge >= 0.3 is 6.09 Å². The summed E-state index contributed by atoms with van der Waals surface area (Å²) in [5.74, 6) is 0.519. The molecule has 0 spiro atoms. The van der Waals surface area contributed by atoms with Gasteiger partial charge in [-0.05, 0) is 12.8 Å². The third-order valence-corrected chi connectivity index (χ3v) is 3.74. The van der Waals surface area contributed by atoms with Crippen molar-refractivity contribution < 1.29 is 14.6 Å². The van der Waals surface area contributed by atoms with Gasteiger partial charge in [0.25, 0.3) is 0 Å². The number of amides is 1.